The lowest BCUT2D eigenvalue weighted by Gasteiger charge is -2.29. The molecular formula is C10H17N3S. The lowest BCUT2D eigenvalue weighted by molar-refractivity contribution is 0.391. The fourth-order valence-corrected chi connectivity index (χ4v) is 2.18. The van der Waals surface area contributed by atoms with Crippen molar-refractivity contribution in [2.75, 3.05) is 24.6 Å². The molecule has 4 heteroatoms. The van der Waals surface area contributed by atoms with Gasteiger partial charge in [-0.2, -0.15) is 11.8 Å². The van der Waals surface area contributed by atoms with Crippen LogP contribution in [0, 0.1) is 0 Å². The second-order valence-electron chi connectivity index (χ2n) is 3.10. The highest BCUT2D eigenvalue weighted by Gasteiger charge is 2.10. The molecule has 0 aromatic heterocycles. The van der Waals surface area contributed by atoms with Gasteiger partial charge in [-0.3, -0.25) is 0 Å². The first-order valence-electron chi connectivity index (χ1n) is 4.61. The van der Waals surface area contributed by atoms with Crippen LogP contribution in [0.5, 0.6) is 0 Å². The highest BCUT2D eigenvalue weighted by Crippen LogP contribution is 2.14. The Kier molecular flexibility index (Phi) is 4.46. The van der Waals surface area contributed by atoms with E-state index in [1.54, 1.807) is 12.3 Å². The molecular weight excluding hydrogens is 194 g/mol. The minimum absolute atomic E-state index is 0.552. The molecule has 4 N–H and O–H groups in total. The second-order valence-corrected chi connectivity index (χ2v) is 4.32. The van der Waals surface area contributed by atoms with E-state index >= 15 is 0 Å². The predicted octanol–water partition coefficient (Wildman–Crippen LogP) is 0.864. The van der Waals surface area contributed by atoms with Crippen molar-refractivity contribution in [3.05, 3.63) is 36.3 Å². The van der Waals surface area contributed by atoms with Gasteiger partial charge in [-0.15, -0.1) is 0 Å². The summed E-state index contributed by atoms with van der Waals surface area (Å²) in [4.78, 5) is 2.26. The van der Waals surface area contributed by atoms with Gasteiger partial charge in [0.2, 0.25) is 0 Å². The third-order valence-corrected chi connectivity index (χ3v) is 2.96. The second kappa shape index (κ2) is 5.65. The number of thioether (sulfide) groups is 1. The van der Waals surface area contributed by atoms with Crippen molar-refractivity contribution in [1.29, 1.82) is 0 Å². The largest absolute Gasteiger partial charge is 0.403 e. The lowest BCUT2D eigenvalue weighted by atomic mass is 10.3. The van der Waals surface area contributed by atoms with E-state index in [9.17, 15) is 0 Å². The Morgan fingerprint density at radius 3 is 2.43 bits per heavy atom. The zero-order valence-corrected chi connectivity index (χ0v) is 9.09. The van der Waals surface area contributed by atoms with Gasteiger partial charge in [-0.25, -0.2) is 0 Å². The average molecular weight is 211 g/mol. The Labute approximate surface area is 89.5 Å². The highest BCUT2D eigenvalue weighted by atomic mass is 32.2. The summed E-state index contributed by atoms with van der Waals surface area (Å²) in [5, 5.41) is 0. The monoisotopic (exact) mass is 211 g/mol. The van der Waals surface area contributed by atoms with Gasteiger partial charge in [-0.05, 0) is 12.2 Å². The molecule has 1 aliphatic heterocycles. The first-order valence-corrected chi connectivity index (χ1v) is 5.76. The number of hydrogen-bond acceptors (Lipinski definition) is 4. The van der Waals surface area contributed by atoms with Crippen LogP contribution in [-0.2, 0) is 0 Å². The fourth-order valence-electron chi connectivity index (χ4n) is 1.28. The van der Waals surface area contributed by atoms with Gasteiger partial charge in [0.25, 0.3) is 0 Å². The maximum Gasteiger partial charge on any atom is 0.0525 e. The van der Waals surface area contributed by atoms with Crippen LogP contribution in [-0.4, -0.2) is 29.5 Å². The van der Waals surface area contributed by atoms with Crippen LogP contribution in [0.1, 0.15) is 0 Å². The van der Waals surface area contributed by atoms with Crippen LogP contribution >= 0.6 is 11.8 Å². The summed E-state index contributed by atoms with van der Waals surface area (Å²) in [5.74, 6) is 2.32. The van der Waals surface area contributed by atoms with Crippen molar-refractivity contribution in [2.45, 2.75) is 0 Å². The first-order chi connectivity index (χ1) is 6.74. The van der Waals surface area contributed by atoms with Crippen LogP contribution < -0.4 is 11.5 Å². The number of nitrogens with two attached hydrogens (primary N) is 2. The van der Waals surface area contributed by atoms with E-state index in [0.717, 1.165) is 30.3 Å². The molecule has 1 heterocycles. The van der Waals surface area contributed by atoms with E-state index in [1.165, 1.54) is 0 Å². The fraction of sp³-hybridized carbons (Fsp3) is 0.400. The summed E-state index contributed by atoms with van der Waals surface area (Å²) in [7, 11) is 0. The van der Waals surface area contributed by atoms with Gasteiger partial charge in [0.1, 0.15) is 0 Å². The molecule has 0 aliphatic carbocycles. The Hall–Kier alpha value is -1.03. The Morgan fingerprint density at radius 1 is 1.29 bits per heavy atom. The van der Waals surface area contributed by atoms with E-state index in [4.69, 9.17) is 11.5 Å². The van der Waals surface area contributed by atoms with Crippen molar-refractivity contribution in [2.24, 2.45) is 11.5 Å². The molecule has 0 atom stereocenters. The zero-order chi connectivity index (χ0) is 10.4. The molecule has 0 aromatic carbocycles. The van der Waals surface area contributed by atoms with E-state index in [-0.39, 0.29) is 0 Å². The van der Waals surface area contributed by atoms with Crippen LogP contribution in [0.15, 0.2) is 36.3 Å². The normalized spacial score (nSPS) is 18.9. The third kappa shape index (κ3) is 3.38. The Balaban J connectivity index is 2.57. The Morgan fingerprint density at radius 2 is 1.93 bits per heavy atom. The van der Waals surface area contributed by atoms with Crippen LogP contribution in [0.3, 0.4) is 0 Å². The topological polar surface area (TPSA) is 55.3 Å². The smallest absolute Gasteiger partial charge is 0.0525 e. The van der Waals surface area contributed by atoms with E-state index in [1.807, 2.05) is 17.8 Å². The van der Waals surface area contributed by atoms with Crippen LogP contribution in [0.25, 0.3) is 0 Å². The van der Waals surface area contributed by atoms with Crippen molar-refractivity contribution in [1.82, 2.24) is 4.90 Å². The summed E-state index contributed by atoms with van der Waals surface area (Å²) in [5.41, 5.74) is 12.6. The van der Waals surface area contributed by atoms with Gasteiger partial charge in [0, 0.05) is 36.5 Å². The average Bonchev–Trinajstić information content (AvgIpc) is 2.20. The molecule has 1 rings (SSSR count). The van der Waals surface area contributed by atoms with Crippen LogP contribution in [0.4, 0.5) is 0 Å². The highest BCUT2D eigenvalue weighted by molar-refractivity contribution is 7.99. The minimum atomic E-state index is 0.552. The van der Waals surface area contributed by atoms with Crippen molar-refractivity contribution in [3.8, 4) is 0 Å². The molecule has 0 saturated carbocycles. The van der Waals surface area contributed by atoms with Gasteiger partial charge in [0.15, 0.2) is 0 Å². The molecule has 0 bridgehead atoms. The maximum absolute atomic E-state index is 5.56. The number of nitrogens with zero attached hydrogens (tertiary/aromatic N) is 1. The Bertz CT molecular complexity index is 252. The maximum atomic E-state index is 5.56. The summed E-state index contributed by atoms with van der Waals surface area (Å²) in [6.07, 6.45) is 5.31. The molecule has 1 fully saturated rings. The molecule has 0 aromatic rings. The summed E-state index contributed by atoms with van der Waals surface area (Å²) in [6, 6.07) is 0. The van der Waals surface area contributed by atoms with E-state index in [2.05, 4.69) is 11.5 Å². The molecule has 1 saturated heterocycles. The molecule has 0 spiro atoms. The number of rotatable bonds is 3. The molecule has 3 nitrogen and oxygen atoms in total. The van der Waals surface area contributed by atoms with Gasteiger partial charge in [0.05, 0.1) is 5.70 Å². The van der Waals surface area contributed by atoms with Crippen molar-refractivity contribution >= 4 is 11.8 Å². The third-order valence-electron chi connectivity index (χ3n) is 2.02. The summed E-state index contributed by atoms with van der Waals surface area (Å²) in [6.45, 7) is 5.71. The number of allylic oxidation sites excluding steroid dienone is 2. The van der Waals surface area contributed by atoms with Crippen LogP contribution in [0.2, 0.25) is 0 Å². The molecule has 0 amide bonds. The minimum Gasteiger partial charge on any atom is -0.403 e. The summed E-state index contributed by atoms with van der Waals surface area (Å²) < 4.78 is 0. The lowest BCUT2D eigenvalue weighted by Crippen LogP contribution is -2.31. The quantitative estimate of drug-likeness (QED) is 0.680. The summed E-state index contributed by atoms with van der Waals surface area (Å²) >= 11 is 1.97. The van der Waals surface area contributed by atoms with Crippen molar-refractivity contribution < 1.29 is 0 Å². The van der Waals surface area contributed by atoms with Gasteiger partial charge < -0.3 is 16.4 Å². The predicted molar refractivity (Wildman–Crippen MR) is 63.6 cm³/mol. The molecule has 78 valence electrons. The SMILES string of the molecule is C=C(N)/C=C\C(=C/N)N1CCSCC1. The van der Waals surface area contributed by atoms with Crippen molar-refractivity contribution in [3.63, 3.8) is 0 Å². The molecule has 0 unspecified atom stereocenters. The van der Waals surface area contributed by atoms with Gasteiger partial charge in [-0.1, -0.05) is 6.58 Å². The zero-order valence-electron chi connectivity index (χ0n) is 8.28. The molecule has 1 aliphatic rings. The van der Waals surface area contributed by atoms with Gasteiger partial charge >= 0.3 is 0 Å². The molecule has 0 radical (unpaired) electrons. The van der Waals surface area contributed by atoms with E-state index in [0.29, 0.717) is 5.70 Å². The number of hydrogen-bond donors (Lipinski definition) is 2. The molecule has 14 heavy (non-hydrogen) atoms. The first kappa shape index (κ1) is 11.0. The van der Waals surface area contributed by atoms with E-state index < -0.39 is 0 Å². The standard InChI is InChI=1S/C10H17N3S/c1-9(12)2-3-10(8-11)13-4-6-14-7-5-13/h2-3,8H,1,4-7,11-12H2/b3-2-,10-8+.